The normalized spacial score (nSPS) is 10.3. The fraction of sp³-hybridized carbons (Fsp3) is 0.333. The molecule has 0 aliphatic carbocycles. The van der Waals surface area contributed by atoms with Crippen molar-refractivity contribution in [3.8, 4) is 0 Å². The van der Waals surface area contributed by atoms with E-state index < -0.39 is 0 Å². The summed E-state index contributed by atoms with van der Waals surface area (Å²) in [7, 11) is 0. The molecule has 2 amide bonds. The van der Waals surface area contributed by atoms with Crippen molar-refractivity contribution in [2.45, 2.75) is 27.7 Å². The number of rotatable bonds is 7. The zero-order valence-electron chi connectivity index (χ0n) is 15.9. The monoisotopic (exact) mass is 353 g/mol. The quantitative estimate of drug-likeness (QED) is 0.795. The lowest BCUT2D eigenvalue weighted by Gasteiger charge is -2.18. The number of amides is 2. The fourth-order valence-electron chi connectivity index (χ4n) is 2.63. The molecule has 2 aromatic carbocycles. The standard InChI is InChI=1S/C21H27N3O2/c1-5-24(6-2)21(26)17-8-11-18(12-9-17)22-14-20(25)23-19-10-7-15(3)16(4)13-19/h7-13,22H,5-6,14H2,1-4H3,(H,23,25). The molecule has 5 heteroatoms. The first-order valence-electron chi connectivity index (χ1n) is 8.95. The van der Waals surface area contributed by atoms with E-state index in [-0.39, 0.29) is 18.4 Å². The van der Waals surface area contributed by atoms with Crippen LogP contribution >= 0.6 is 0 Å². The Morgan fingerprint density at radius 3 is 2.08 bits per heavy atom. The van der Waals surface area contributed by atoms with E-state index in [0.29, 0.717) is 18.7 Å². The molecule has 0 radical (unpaired) electrons. The molecule has 5 nitrogen and oxygen atoms in total. The van der Waals surface area contributed by atoms with Crippen molar-refractivity contribution in [3.63, 3.8) is 0 Å². The average Bonchev–Trinajstić information content (AvgIpc) is 2.64. The Bertz CT molecular complexity index is 765. The van der Waals surface area contributed by atoms with Gasteiger partial charge in [0.1, 0.15) is 0 Å². The number of anilines is 2. The van der Waals surface area contributed by atoms with Crippen molar-refractivity contribution < 1.29 is 9.59 Å². The van der Waals surface area contributed by atoms with Gasteiger partial charge in [-0.1, -0.05) is 6.07 Å². The molecule has 0 unspecified atom stereocenters. The Morgan fingerprint density at radius 2 is 1.50 bits per heavy atom. The van der Waals surface area contributed by atoms with Crippen molar-refractivity contribution in [3.05, 3.63) is 59.2 Å². The number of hydrogen-bond acceptors (Lipinski definition) is 3. The first-order chi connectivity index (χ1) is 12.4. The van der Waals surface area contributed by atoms with Crippen molar-refractivity contribution >= 4 is 23.2 Å². The molecule has 0 aliphatic rings. The van der Waals surface area contributed by atoms with Crippen molar-refractivity contribution in [2.24, 2.45) is 0 Å². The summed E-state index contributed by atoms with van der Waals surface area (Å²) < 4.78 is 0. The van der Waals surface area contributed by atoms with Gasteiger partial charge in [-0.05, 0) is 75.2 Å². The minimum Gasteiger partial charge on any atom is -0.376 e. The summed E-state index contributed by atoms with van der Waals surface area (Å²) in [6, 6.07) is 13.0. The number of carbonyl (C=O) groups is 2. The third kappa shape index (κ3) is 5.09. The van der Waals surface area contributed by atoms with Gasteiger partial charge >= 0.3 is 0 Å². The van der Waals surface area contributed by atoms with E-state index in [1.54, 1.807) is 17.0 Å². The third-order valence-corrected chi connectivity index (χ3v) is 4.43. The number of nitrogens with zero attached hydrogens (tertiary/aromatic N) is 1. The number of aryl methyl sites for hydroxylation is 2. The van der Waals surface area contributed by atoms with Gasteiger partial charge in [-0.2, -0.15) is 0 Å². The second kappa shape index (κ2) is 9.04. The van der Waals surface area contributed by atoms with Crippen LogP contribution in [-0.4, -0.2) is 36.3 Å². The minimum absolute atomic E-state index is 0.0223. The minimum atomic E-state index is -0.114. The molecule has 2 N–H and O–H groups in total. The molecular weight excluding hydrogens is 326 g/mol. The fourth-order valence-corrected chi connectivity index (χ4v) is 2.63. The molecule has 0 saturated heterocycles. The molecule has 0 aliphatic heterocycles. The zero-order valence-corrected chi connectivity index (χ0v) is 15.9. The molecule has 0 aromatic heterocycles. The van der Waals surface area contributed by atoms with Crippen LogP contribution in [0.4, 0.5) is 11.4 Å². The summed E-state index contributed by atoms with van der Waals surface area (Å²) in [6.45, 7) is 9.52. The predicted molar refractivity (Wildman–Crippen MR) is 107 cm³/mol. The predicted octanol–water partition coefficient (Wildman–Crippen LogP) is 3.84. The summed E-state index contributed by atoms with van der Waals surface area (Å²) in [5.74, 6) is -0.0921. The molecule has 2 aromatic rings. The van der Waals surface area contributed by atoms with Gasteiger partial charge in [0, 0.05) is 30.0 Å². The maximum atomic E-state index is 12.3. The summed E-state index contributed by atoms with van der Waals surface area (Å²) in [6.07, 6.45) is 0. The molecule has 0 atom stereocenters. The number of hydrogen-bond donors (Lipinski definition) is 2. The molecular formula is C21H27N3O2. The van der Waals surface area contributed by atoms with E-state index in [1.807, 2.05) is 58.0 Å². The van der Waals surface area contributed by atoms with E-state index in [4.69, 9.17) is 0 Å². The Hall–Kier alpha value is -2.82. The van der Waals surface area contributed by atoms with E-state index in [9.17, 15) is 9.59 Å². The van der Waals surface area contributed by atoms with E-state index in [2.05, 4.69) is 10.6 Å². The lowest BCUT2D eigenvalue weighted by molar-refractivity contribution is -0.114. The highest BCUT2D eigenvalue weighted by molar-refractivity contribution is 5.95. The first-order valence-corrected chi connectivity index (χ1v) is 8.95. The topological polar surface area (TPSA) is 61.4 Å². The van der Waals surface area contributed by atoms with Crippen LogP contribution in [-0.2, 0) is 4.79 Å². The highest BCUT2D eigenvalue weighted by Gasteiger charge is 2.12. The van der Waals surface area contributed by atoms with Crippen LogP contribution in [0, 0.1) is 13.8 Å². The van der Waals surface area contributed by atoms with Crippen LogP contribution in [0.3, 0.4) is 0 Å². The third-order valence-electron chi connectivity index (χ3n) is 4.43. The molecule has 0 spiro atoms. The molecule has 138 valence electrons. The summed E-state index contributed by atoms with van der Waals surface area (Å²) in [5, 5.41) is 5.95. The lowest BCUT2D eigenvalue weighted by Crippen LogP contribution is -2.30. The SMILES string of the molecule is CCN(CC)C(=O)c1ccc(NCC(=O)Nc2ccc(C)c(C)c2)cc1. The number of benzene rings is 2. The summed E-state index contributed by atoms with van der Waals surface area (Å²) in [5.41, 5.74) is 4.58. The lowest BCUT2D eigenvalue weighted by atomic mass is 10.1. The maximum Gasteiger partial charge on any atom is 0.253 e. The van der Waals surface area contributed by atoms with Crippen LogP contribution in [0.5, 0.6) is 0 Å². The Kier molecular flexibility index (Phi) is 6.78. The Morgan fingerprint density at radius 1 is 0.885 bits per heavy atom. The molecule has 0 bridgehead atoms. The molecule has 0 heterocycles. The largest absolute Gasteiger partial charge is 0.376 e. The van der Waals surface area contributed by atoms with Crippen LogP contribution < -0.4 is 10.6 Å². The van der Waals surface area contributed by atoms with E-state index >= 15 is 0 Å². The smallest absolute Gasteiger partial charge is 0.253 e. The van der Waals surface area contributed by atoms with Crippen molar-refractivity contribution in [2.75, 3.05) is 30.3 Å². The van der Waals surface area contributed by atoms with Gasteiger partial charge in [0.05, 0.1) is 6.54 Å². The maximum absolute atomic E-state index is 12.3. The molecule has 0 fully saturated rings. The highest BCUT2D eigenvalue weighted by Crippen LogP contribution is 2.15. The zero-order chi connectivity index (χ0) is 19.1. The van der Waals surface area contributed by atoms with Crippen LogP contribution in [0.25, 0.3) is 0 Å². The van der Waals surface area contributed by atoms with Gasteiger partial charge in [-0.25, -0.2) is 0 Å². The number of carbonyl (C=O) groups excluding carboxylic acids is 2. The summed E-state index contributed by atoms with van der Waals surface area (Å²) >= 11 is 0. The molecule has 2 rings (SSSR count). The second-order valence-electron chi connectivity index (χ2n) is 6.26. The van der Waals surface area contributed by atoms with E-state index in [1.165, 1.54) is 5.56 Å². The second-order valence-corrected chi connectivity index (χ2v) is 6.26. The average molecular weight is 353 g/mol. The van der Waals surface area contributed by atoms with Gasteiger partial charge in [0.15, 0.2) is 0 Å². The Balaban J connectivity index is 1.90. The van der Waals surface area contributed by atoms with E-state index in [0.717, 1.165) is 16.9 Å². The van der Waals surface area contributed by atoms with Crippen LogP contribution in [0.2, 0.25) is 0 Å². The number of nitrogens with one attached hydrogen (secondary N) is 2. The van der Waals surface area contributed by atoms with Gasteiger partial charge in [-0.15, -0.1) is 0 Å². The van der Waals surface area contributed by atoms with Crippen molar-refractivity contribution in [1.29, 1.82) is 0 Å². The van der Waals surface area contributed by atoms with Gasteiger partial charge < -0.3 is 15.5 Å². The molecule has 26 heavy (non-hydrogen) atoms. The van der Waals surface area contributed by atoms with Crippen LogP contribution in [0.1, 0.15) is 35.3 Å². The van der Waals surface area contributed by atoms with Crippen molar-refractivity contribution in [1.82, 2.24) is 4.90 Å². The molecule has 0 saturated carbocycles. The van der Waals surface area contributed by atoms with Gasteiger partial charge in [-0.3, -0.25) is 9.59 Å². The van der Waals surface area contributed by atoms with Gasteiger partial charge in [0.2, 0.25) is 5.91 Å². The Labute approximate surface area is 155 Å². The highest BCUT2D eigenvalue weighted by atomic mass is 16.2. The van der Waals surface area contributed by atoms with Gasteiger partial charge in [0.25, 0.3) is 5.91 Å². The van der Waals surface area contributed by atoms with Crippen LogP contribution in [0.15, 0.2) is 42.5 Å². The first kappa shape index (κ1) is 19.5. The summed E-state index contributed by atoms with van der Waals surface area (Å²) in [4.78, 5) is 26.1.